The Morgan fingerprint density at radius 1 is 1.11 bits per heavy atom. The lowest BCUT2D eigenvalue weighted by Gasteiger charge is -2.26. The Morgan fingerprint density at radius 2 is 1.96 bits per heavy atom. The van der Waals surface area contributed by atoms with Gasteiger partial charge in [0.05, 0.1) is 10.6 Å². The first-order valence-electron chi connectivity index (χ1n) is 8.98. The van der Waals surface area contributed by atoms with Crippen molar-refractivity contribution >= 4 is 46.3 Å². The van der Waals surface area contributed by atoms with E-state index >= 15 is 0 Å². The van der Waals surface area contributed by atoms with E-state index in [0.717, 1.165) is 22.5 Å². The fourth-order valence-corrected chi connectivity index (χ4v) is 5.15. The second-order valence-electron chi connectivity index (χ2n) is 6.77. The van der Waals surface area contributed by atoms with Crippen molar-refractivity contribution < 1.29 is 9.59 Å². The number of nitrogens with one attached hydrogen (secondary N) is 1. The van der Waals surface area contributed by atoms with Crippen LogP contribution in [-0.2, 0) is 4.79 Å². The van der Waals surface area contributed by atoms with E-state index in [2.05, 4.69) is 18.3 Å². The molecule has 1 aromatic heterocycles. The largest absolute Gasteiger partial charge is 0.321 e. The average Bonchev–Trinajstić information content (AvgIpc) is 3.32. The highest BCUT2D eigenvalue weighted by molar-refractivity contribution is 8.00. The minimum absolute atomic E-state index is 0.104. The maximum absolute atomic E-state index is 12.7. The molecule has 0 radical (unpaired) electrons. The van der Waals surface area contributed by atoms with Crippen molar-refractivity contribution in [3.8, 4) is 0 Å². The van der Waals surface area contributed by atoms with E-state index in [0.29, 0.717) is 10.6 Å². The molecule has 2 amide bonds. The Kier molecular flexibility index (Phi) is 5.24. The first kappa shape index (κ1) is 18.8. The number of nitrogens with zero attached hydrogens (tertiary/aromatic N) is 1. The SMILES string of the molecule is Cc1ccc(N2C(=O)CS[C@H]2c2cccc(NC(=O)c3cccs3)c2)c(C)c1. The highest BCUT2D eigenvalue weighted by Crippen LogP contribution is 2.43. The smallest absolute Gasteiger partial charge is 0.265 e. The normalized spacial score (nSPS) is 16.4. The maximum atomic E-state index is 12.7. The molecule has 3 aromatic rings. The Bertz CT molecular complexity index is 1030. The van der Waals surface area contributed by atoms with Gasteiger partial charge in [0.2, 0.25) is 5.91 Å². The number of carbonyl (C=O) groups is 2. The van der Waals surface area contributed by atoms with Crippen molar-refractivity contribution in [2.24, 2.45) is 0 Å². The zero-order valence-electron chi connectivity index (χ0n) is 15.6. The van der Waals surface area contributed by atoms with E-state index in [1.807, 2.05) is 59.7 Å². The molecule has 0 spiro atoms. The van der Waals surface area contributed by atoms with Crippen molar-refractivity contribution in [3.63, 3.8) is 0 Å². The van der Waals surface area contributed by atoms with Crippen LogP contribution in [0.2, 0.25) is 0 Å². The molecule has 1 saturated heterocycles. The molecule has 2 heterocycles. The summed E-state index contributed by atoms with van der Waals surface area (Å²) < 4.78 is 0. The van der Waals surface area contributed by atoms with E-state index < -0.39 is 0 Å². The van der Waals surface area contributed by atoms with Crippen LogP contribution in [0.3, 0.4) is 0 Å². The summed E-state index contributed by atoms with van der Waals surface area (Å²) in [6.07, 6.45) is 0. The van der Waals surface area contributed by atoms with Gasteiger partial charge in [-0.05, 0) is 54.6 Å². The van der Waals surface area contributed by atoms with Gasteiger partial charge in [0.25, 0.3) is 5.91 Å². The number of carbonyl (C=O) groups excluding carboxylic acids is 2. The minimum atomic E-state index is -0.117. The number of hydrogen-bond acceptors (Lipinski definition) is 4. The van der Waals surface area contributed by atoms with Gasteiger partial charge < -0.3 is 5.32 Å². The highest BCUT2D eigenvalue weighted by Gasteiger charge is 2.34. The van der Waals surface area contributed by atoms with Gasteiger partial charge in [-0.1, -0.05) is 35.9 Å². The molecule has 4 nitrogen and oxygen atoms in total. The summed E-state index contributed by atoms with van der Waals surface area (Å²) in [6, 6.07) is 17.6. The fourth-order valence-electron chi connectivity index (χ4n) is 3.38. The lowest BCUT2D eigenvalue weighted by Crippen LogP contribution is -2.28. The summed E-state index contributed by atoms with van der Waals surface area (Å²) in [7, 11) is 0. The van der Waals surface area contributed by atoms with E-state index in [-0.39, 0.29) is 17.2 Å². The van der Waals surface area contributed by atoms with Gasteiger partial charge in [-0.25, -0.2) is 0 Å². The van der Waals surface area contributed by atoms with E-state index in [1.54, 1.807) is 17.8 Å². The molecule has 0 unspecified atom stereocenters. The summed E-state index contributed by atoms with van der Waals surface area (Å²) >= 11 is 3.02. The number of rotatable bonds is 4. The van der Waals surface area contributed by atoms with Crippen molar-refractivity contribution in [3.05, 3.63) is 81.5 Å². The third-order valence-corrected chi connectivity index (χ3v) is 6.74. The molecule has 1 atom stereocenters. The van der Waals surface area contributed by atoms with Gasteiger partial charge in [0.15, 0.2) is 0 Å². The Hall–Kier alpha value is -2.57. The summed E-state index contributed by atoms with van der Waals surface area (Å²) in [4.78, 5) is 27.6. The highest BCUT2D eigenvalue weighted by atomic mass is 32.2. The molecular formula is C22H20N2O2S2. The Morgan fingerprint density at radius 3 is 2.71 bits per heavy atom. The number of aryl methyl sites for hydroxylation is 2. The predicted octanol–water partition coefficient (Wildman–Crippen LogP) is 5.40. The van der Waals surface area contributed by atoms with Crippen LogP contribution >= 0.6 is 23.1 Å². The van der Waals surface area contributed by atoms with Crippen molar-refractivity contribution in [1.82, 2.24) is 0 Å². The van der Waals surface area contributed by atoms with E-state index in [9.17, 15) is 9.59 Å². The molecule has 1 N–H and O–H groups in total. The number of amides is 2. The second kappa shape index (κ2) is 7.81. The zero-order valence-corrected chi connectivity index (χ0v) is 17.3. The predicted molar refractivity (Wildman–Crippen MR) is 117 cm³/mol. The van der Waals surface area contributed by atoms with Gasteiger partial charge in [-0.15, -0.1) is 23.1 Å². The molecule has 0 saturated carbocycles. The van der Waals surface area contributed by atoms with Gasteiger partial charge in [-0.3, -0.25) is 14.5 Å². The van der Waals surface area contributed by atoms with Crippen LogP contribution < -0.4 is 10.2 Å². The van der Waals surface area contributed by atoms with Crippen LogP contribution in [0.25, 0.3) is 0 Å². The molecule has 1 aliphatic heterocycles. The molecule has 2 aromatic carbocycles. The number of benzene rings is 2. The van der Waals surface area contributed by atoms with Gasteiger partial charge in [0, 0.05) is 11.4 Å². The van der Waals surface area contributed by atoms with Crippen LogP contribution in [-0.4, -0.2) is 17.6 Å². The topological polar surface area (TPSA) is 49.4 Å². The number of anilines is 2. The lowest BCUT2D eigenvalue weighted by atomic mass is 10.1. The van der Waals surface area contributed by atoms with Crippen LogP contribution in [0.5, 0.6) is 0 Å². The quantitative estimate of drug-likeness (QED) is 0.629. The first-order chi connectivity index (χ1) is 13.5. The molecule has 0 bridgehead atoms. The molecular weight excluding hydrogens is 388 g/mol. The molecule has 4 rings (SSSR count). The summed E-state index contributed by atoms with van der Waals surface area (Å²) in [5.74, 6) is 0.438. The molecule has 1 fully saturated rings. The van der Waals surface area contributed by atoms with E-state index in [1.165, 1.54) is 16.9 Å². The molecule has 6 heteroatoms. The van der Waals surface area contributed by atoms with Gasteiger partial charge in [0.1, 0.15) is 5.37 Å². The van der Waals surface area contributed by atoms with Gasteiger partial charge in [-0.2, -0.15) is 0 Å². The Labute approximate surface area is 172 Å². The second-order valence-corrected chi connectivity index (χ2v) is 8.79. The van der Waals surface area contributed by atoms with Crippen molar-refractivity contribution in [2.45, 2.75) is 19.2 Å². The van der Waals surface area contributed by atoms with Crippen LogP contribution in [0.15, 0.2) is 60.0 Å². The monoisotopic (exact) mass is 408 g/mol. The molecule has 28 heavy (non-hydrogen) atoms. The van der Waals surface area contributed by atoms with Crippen LogP contribution in [0.4, 0.5) is 11.4 Å². The average molecular weight is 409 g/mol. The molecule has 142 valence electrons. The molecule has 0 aliphatic carbocycles. The third-order valence-electron chi connectivity index (χ3n) is 4.65. The van der Waals surface area contributed by atoms with Crippen LogP contribution in [0.1, 0.15) is 31.7 Å². The number of thioether (sulfide) groups is 1. The van der Waals surface area contributed by atoms with Gasteiger partial charge >= 0.3 is 0 Å². The lowest BCUT2D eigenvalue weighted by molar-refractivity contribution is -0.115. The number of thiophene rings is 1. The molecule has 1 aliphatic rings. The summed E-state index contributed by atoms with van der Waals surface area (Å²) in [5.41, 5.74) is 4.94. The van der Waals surface area contributed by atoms with E-state index in [4.69, 9.17) is 0 Å². The van der Waals surface area contributed by atoms with Crippen molar-refractivity contribution in [1.29, 1.82) is 0 Å². The summed E-state index contributed by atoms with van der Waals surface area (Å²) in [6.45, 7) is 4.09. The zero-order chi connectivity index (χ0) is 19.7. The number of hydrogen-bond donors (Lipinski definition) is 1. The maximum Gasteiger partial charge on any atom is 0.265 e. The standard InChI is InChI=1S/C22H20N2O2S2/c1-14-8-9-18(15(2)11-14)24-20(25)13-28-22(24)16-5-3-6-17(12-16)23-21(26)19-7-4-10-27-19/h3-12,22H,13H2,1-2H3,(H,23,26)/t22-/m0/s1. The fraction of sp³-hybridized carbons (Fsp3) is 0.182. The Balaban J connectivity index is 1.62. The first-order valence-corrected chi connectivity index (χ1v) is 10.9. The van der Waals surface area contributed by atoms with Crippen LogP contribution in [0, 0.1) is 13.8 Å². The minimum Gasteiger partial charge on any atom is -0.321 e. The van der Waals surface area contributed by atoms with Crippen molar-refractivity contribution in [2.75, 3.05) is 16.0 Å². The summed E-state index contributed by atoms with van der Waals surface area (Å²) in [5, 5.41) is 4.73. The third kappa shape index (κ3) is 3.70.